The number of benzene rings is 1. The molecule has 0 aliphatic carbocycles. The molecule has 1 amide bonds. The van der Waals surface area contributed by atoms with E-state index in [1.54, 1.807) is 6.92 Å². The van der Waals surface area contributed by atoms with Crippen LogP contribution >= 0.6 is 11.3 Å². The largest absolute Gasteiger partial charge is 0.459 e. The minimum Gasteiger partial charge on any atom is -0.459 e. The van der Waals surface area contributed by atoms with Crippen LogP contribution in [-0.2, 0) is 0 Å². The van der Waals surface area contributed by atoms with Gasteiger partial charge in [0, 0.05) is 6.54 Å². The average molecular weight is 360 g/mol. The highest BCUT2D eigenvalue weighted by Crippen LogP contribution is 2.29. The Morgan fingerprint density at radius 3 is 2.64 bits per heavy atom. The Morgan fingerprint density at radius 1 is 1.28 bits per heavy atom. The van der Waals surface area contributed by atoms with Crippen molar-refractivity contribution in [3.05, 3.63) is 64.1 Å². The molecule has 3 rings (SSSR count). The first-order chi connectivity index (χ1) is 11.9. The molecule has 5 nitrogen and oxygen atoms in total. The first kappa shape index (κ1) is 17.3. The lowest BCUT2D eigenvalue weighted by Gasteiger charge is -2.11. The average Bonchev–Trinajstić information content (AvgIpc) is 3.19. The van der Waals surface area contributed by atoms with E-state index in [4.69, 9.17) is 4.42 Å². The molecule has 0 fully saturated rings. The van der Waals surface area contributed by atoms with E-state index in [0.717, 1.165) is 5.76 Å². The lowest BCUT2D eigenvalue weighted by atomic mass is 10.1. The number of thiazole rings is 1. The van der Waals surface area contributed by atoms with Crippen molar-refractivity contribution in [2.75, 3.05) is 6.54 Å². The van der Waals surface area contributed by atoms with Crippen molar-refractivity contribution < 1.29 is 18.7 Å². The van der Waals surface area contributed by atoms with Gasteiger partial charge in [-0.05, 0) is 43.7 Å². The molecule has 130 valence electrons. The van der Waals surface area contributed by atoms with Crippen molar-refractivity contribution in [3.8, 4) is 10.8 Å². The summed E-state index contributed by atoms with van der Waals surface area (Å²) in [5.41, 5.74) is 1.14. The van der Waals surface area contributed by atoms with Gasteiger partial charge in [0.25, 0.3) is 5.91 Å². The topological polar surface area (TPSA) is 75.4 Å². The van der Waals surface area contributed by atoms with E-state index < -0.39 is 6.10 Å². The second kappa shape index (κ2) is 7.16. The highest BCUT2D eigenvalue weighted by Gasteiger charge is 2.19. The van der Waals surface area contributed by atoms with Gasteiger partial charge in [-0.15, -0.1) is 11.3 Å². The number of aliphatic hydroxyl groups excluding tert-OH is 1. The minimum absolute atomic E-state index is 0.0248. The molecule has 1 unspecified atom stereocenters. The molecule has 2 heterocycles. The number of nitrogens with zero attached hydrogens (tertiary/aromatic N) is 1. The van der Waals surface area contributed by atoms with E-state index >= 15 is 0 Å². The fourth-order valence-corrected chi connectivity index (χ4v) is 3.28. The number of aromatic nitrogens is 1. The van der Waals surface area contributed by atoms with E-state index in [1.807, 2.05) is 19.1 Å². The van der Waals surface area contributed by atoms with Gasteiger partial charge in [0.2, 0.25) is 0 Å². The number of aryl methyl sites for hydroxylation is 2. The monoisotopic (exact) mass is 360 g/mol. The first-order valence-corrected chi connectivity index (χ1v) is 8.51. The molecule has 0 spiro atoms. The van der Waals surface area contributed by atoms with Crippen molar-refractivity contribution in [1.29, 1.82) is 0 Å². The number of carbonyl (C=O) groups is 1. The second-order valence-electron chi connectivity index (χ2n) is 5.62. The van der Waals surface area contributed by atoms with Crippen LogP contribution in [0.2, 0.25) is 0 Å². The molecule has 1 aromatic carbocycles. The predicted octanol–water partition coefficient (Wildman–Crippen LogP) is 3.62. The quantitative estimate of drug-likeness (QED) is 0.729. The maximum absolute atomic E-state index is 12.9. The van der Waals surface area contributed by atoms with Crippen molar-refractivity contribution >= 4 is 17.2 Å². The third-order valence-corrected chi connectivity index (χ3v) is 4.84. The smallest absolute Gasteiger partial charge is 0.263 e. The summed E-state index contributed by atoms with van der Waals surface area (Å²) in [5, 5.41) is 13.4. The van der Waals surface area contributed by atoms with Gasteiger partial charge in [-0.2, -0.15) is 0 Å². The van der Waals surface area contributed by atoms with Crippen LogP contribution in [0.4, 0.5) is 4.39 Å². The van der Waals surface area contributed by atoms with E-state index in [9.17, 15) is 14.3 Å². The Balaban J connectivity index is 1.67. The minimum atomic E-state index is -0.912. The Hall–Kier alpha value is -2.51. The SMILES string of the molecule is Cc1ccc(-c2nc(C)c(C(=O)NCC(O)c3ccc(F)cc3)s2)o1. The number of halogens is 1. The summed E-state index contributed by atoms with van der Waals surface area (Å²) in [6.07, 6.45) is -0.912. The maximum atomic E-state index is 12.9. The fraction of sp³-hybridized carbons (Fsp3) is 0.222. The molecule has 2 aromatic heterocycles. The molecule has 0 radical (unpaired) electrons. The predicted molar refractivity (Wildman–Crippen MR) is 93.0 cm³/mol. The van der Waals surface area contributed by atoms with Crippen LogP contribution in [0.15, 0.2) is 40.8 Å². The van der Waals surface area contributed by atoms with Crippen LogP contribution in [0.5, 0.6) is 0 Å². The number of amides is 1. The molecule has 1 atom stereocenters. The van der Waals surface area contributed by atoms with E-state index in [-0.39, 0.29) is 18.3 Å². The van der Waals surface area contributed by atoms with Gasteiger partial charge in [-0.25, -0.2) is 9.37 Å². The summed E-state index contributed by atoms with van der Waals surface area (Å²) in [4.78, 5) is 17.2. The number of hydrogen-bond acceptors (Lipinski definition) is 5. The van der Waals surface area contributed by atoms with Crippen LogP contribution in [-0.4, -0.2) is 22.5 Å². The van der Waals surface area contributed by atoms with Crippen LogP contribution in [0.25, 0.3) is 10.8 Å². The van der Waals surface area contributed by atoms with Crippen molar-refractivity contribution in [1.82, 2.24) is 10.3 Å². The number of rotatable bonds is 5. The maximum Gasteiger partial charge on any atom is 0.263 e. The number of carbonyl (C=O) groups excluding carboxylic acids is 1. The van der Waals surface area contributed by atoms with E-state index in [0.29, 0.717) is 26.9 Å². The summed E-state index contributed by atoms with van der Waals surface area (Å²) in [6, 6.07) is 9.16. The third kappa shape index (κ3) is 3.94. The fourth-order valence-electron chi connectivity index (χ4n) is 2.33. The molecule has 7 heteroatoms. The number of nitrogens with one attached hydrogen (secondary N) is 1. The van der Waals surface area contributed by atoms with Crippen LogP contribution in [0.3, 0.4) is 0 Å². The van der Waals surface area contributed by atoms with Gasteiger partial charge < -0.3 is 14.8 Å². The number of aliphatic hydroxyl groups is 1. The molecule has 0 bridgehead atoms. The highest BCUT2D eigenvalue weighted by molar-refractivity contribution is 7.17. The first-order valence-electron chi connectivity index (χ1n) is 7.70. The molecule has 2 N–H and O–H groups in total. The Labute approximate surface area is 148 Å². The van der Waals surface area contributed by atoms with Gasteiger partial charge in [-0.3, -0.25) is 4.79 Å². The Bertz CT molecular complexity index is 886. The van der Waals surface area contributed by atoms with Gasteiger partial charge in [0.1, 0.15) is 16.5 Å². The molecule has 3 aromatic rings. The van der Waals surface area contributed by atoms with Crippen LogP contribution < -0.4 is 5.32 Å². The molecule has 0 saturated carbocycles. The molecule has 0 aliphatic rings. The summed E-state index contributed by atoms with van der Waals surface area (Å²) in [7, 11) is 0. The van der Waals surface area contributed by atoms with Gasteiger partial charge in [-0.1, -0.05) is 12.1 Å². The van der Waals surface area contributed by atoms with Crippen molar-refractivity contribution in [2.24, 2.45) is 0 Å². The zero-order chi connectivity index (χ0) is 18.0. The van der Waals surface area contributed by atoms with Crippen LogP contribution in [0.1, 0.15) is 32.8 Å². The normalized spacial score (nSPS) is 12.2. The summed E-state index contributed by atoms with van der Waals surface area (Å²) in [5.74, 6) is 0.707. The molecular weight excluding hydrogens is 343 g/mol. The van der Waals surface area contributed by atoms with E-state index in [2.05, 4.69) is 10.3 Å². The lowest BCUT2D eigenvalue weighted by molar-refractivity contribution is 0.0919. The molecule has 25 heavy (non-hydrogen) atoms. The molecule has 0 aliphatic heterocycles. The van der Waals surface area contributed by atoms with E-state index in [1.165, 1.54) is 35.6 Å². The standard InChI is InChI=1S/C18H17FN2O3S/c1-10-3-8-15(24-10)18-21-11(2)16(25-18)17(23)20-9-14(22)12-4-6-13(19)7-5-12/h3-8,14,22H,9H2,1-2H3,(H,20,23). The van der Waals surface area contributed by atoms with Crippen molar-refractivity contribution in [2.45, 2.75) is 20.0 Å². The van der Waals surface area contributed by atoms with Crippen molar-refractivity contribution in [3.63, 3.8) is 0 Å². The zero-order valence-corrected chi connectivity index (χ0v) is 14.6. The number of furan rings is 1. The highest BCUT2D eigenvalue weighted by atomic mass is 32.1. The zero-order valence-electron chi connectivity index (χ0n) is 13.7. The molecule has 0 saturated heterocycles. The summed E-state index contributed by atoms with van der Waals surface area (Å²) in [6.45, 7) is 3.62. The van der Waals surface area contributed by atoms with Gasteiger partial charge in [0.15, 0.2) is 10.8 Å². The summed E-state index contributed by atoms with van der Waals surface area (Å²) < 4.78 is 18.4. The second-order valence-corrected chi connectivity index (χ2v) is 6.62. The van der Waals surface area contributed by atoms with Crippen LogP contribution in [0, 0.1) is 19.7 Å². The van der Waals surface area contributed by atoms with Gasteiger partial charge >= 0.3 is 0 Å². The lowest BCUT2D eigenvalue weighted by Crippen LogP contribution is -2.28. The third-order valence-electron chi connectivity index (χ3n) is 3.66. The Kier molecular flexibility index (Phi) is 4.96. The summed E-state index contributed by atoms with van der Waals surface area (Å²) >= 11 is 1.24. The number of hydrogen-bond donors (Lipinski definition) is 2. The van der Waals surface area contributed by atoms with Gasteiger partial charge in [0.05, 0.1) is 11.8 Å². The Morgan fingerprint density at radius 2 is 2.00 bits per heavy atom. The molecular formula is C18H17FN2O3S.